The molecule has 0 aliphatic heterocycles. The van der Waals surface area contributed by atoms with E-state index in [9.17, 15) is 0 Å². The fraction of sp³-hybridized carbons (Fsp3) is 0.333. The minimum absolute atomic E-state index is 0.156. The zero-order chi connectivity index (χ0) is 15.3. The lowest BCUT2D eigenvalue weighted by atomic mass is 9.60. The Morgan fingerprint density at radius 1 is 0.762 bits per heavy atom. The molecule has 0 bridgehead atoms. The molecule has 2 aromatic rings. The third-order valence-electron chi connectivity index (χ3n) is 5.40. The van der Waals surface area contributed by atoms with Crippen molar-refractivity contribution in [3.8, 4) is 11.1 Å². The van der Waals surface area contributed by atoms with Gasteiger partial charge >= 0.3 is 0 Å². The standard InChI is InChI=1S/C21H24/c1-15-6-8-16(9-7-15)17-10-11-19-18(14-17)12-13-20(2,3)21(19,4)5/h6-14H,1-5H3. The van der Waals surface area contributed by atoms with Crippen LogP contribution in [0.3, 0.4) is 0 Å². The highest BCUT2D eigenvalue weighted by Gasteiger charge is 2.39. The Hall–Kier alpha value is -1.82. The number of hydrogen-bond acceptors (Lipinski definition) is 0. The van der Waals surface area contributed by atoms with Gasteiger partial charge in [-0.05, 0) is 46.1 Å². The highest BCUT2D eigenvalue weighted by Crippen LogP contribution is 2.47. The topological polar surface area (TPSA) is 0 Å². The van der Waals surface area contributed by atoms with Gasteiger partial charge in [0.25, 0.3) is 0 Å². The summed E-state index contributed by atoms with van der Waals surface area (Å²) < 4.78 is 0. The number of benzene rings is 2. The first-order valence-corrected chi connectivity index (χ1v) is 7.72. The van der Waals surface area contributed by atoms with E-state index in [0.717, 1.165) is 0 Å². The van der Waals surface area contributed by atoms with Crippen molar-refractivity contribution < 1.29 is 0 Å². The molecule has 3 rings (SSSR count). The molecule has 2 aromatic carbocycles. The van der Waals surface area contributed by atoms with E-state index in [1.54, 1.807) is 0 Å². The predicted molar refractivity (Wildman–Crippen MR) is 92.5 cm³/mol. The highest BCUT2D eigenvalue weighted by molar-refractivity contribution is 5.71. The SMILES string of the molecule is Cc1ccc(-c2ccc3c(c2)C=CC(C)(C)C3(C)C)cc1. The molecule has 0 heteroatoms. The Balaban J connectivity index is 2.10. The van der Waals surface area contributed by atoms with E-state index in [-0.39, 0.29) is 10.8 Å². The molecule has 0 unspecified atom stereocenters. The van der Waals surface area contributed by atoms with Gasteiger partial charge in [0, 0.05) is 0 Å². The maximum absolute atomic E-state index is 2.36. The van der Waals surface area contributed by atoms with Crippen LogP contribution in [-0.4, -0.2) is 0 Å². The molecule has 0 N–H and O–H groups in total. The molecule has 0 aromatic heterocycles. The summed E-state index contributed by atoms with van der Waals surface area (Å²) in [6, 6.07) is 15.7. The second kappa shape index (κ2) is 4.59. The Kier molecular flexibility index (Phi) is 3.09. The molecule has 108 valence electrons. The maximum atomic E-state index is 2.36. The van der Waals surface area contributed by atoms with Gasteiger partial charge in [-0.3, -0.25) is 0 Å². The minimum atomic E-state index is 0.156. The van der Waals surface area contributed by atoms with Gasteiger partial charge in [0.15, 0.2) is 0 Å². The minimum Gasteiger partial charge on any atom is -0.0774 e. The van der Waals surface area contributed by atoms with Crippen LogP contribution < -0.4 is 0 Å². The molecule has 0 spiro atoms. The summed E-state index contributed by atoms with van der Waals surface area (Å²) in [6.45, 7) is 11.5. The van der Waals surface area contributed by atoms with Crippen molar-refractivity contribution >= 4 is 6.08 Å². The third-order valence-corrected chi connectivity index (χ3v) is 5.40. The van der Waals surface area contributed by atoms with Crippen molar-refractivity contribution in [3.05, 3.63) is 65.2 Å². The van der Waals surface area contributed by atoms with Crippen molar-refractivity contribution in [3.63, 3.8) is 0 Å². The van der Waals surface area contributed by atoms with Crippen LogP contribution in [0.1, 0.15) is 44.4 Å². The summed E-state index contributed by atoms with van der Waals surface area (Å²) in [5, 5.41) is 0. The molecule has 1 aliphatic carbocycles. The Morgan fingerprint density at radius 3 is 2.05 bits per heavy atom. The molecular formula is C21H24. The largest absolute Gasteiger partial charge is 0.0774 e. The van der Waals surface area contributed by atoms with Crippen LogP contribution in [0.25, 0.3) is 17.2 Å². The normalized spacial score (nSPS) is 18.3. The van der Waals surface area contributed by atoms with Crippen molar-refractivity contribution in [1.82, 2.24) is 0 Å². The summed E-state index contributed by atoms with van der Waals surface area (Å²) in [4.78, 5) is 0. The highest BCUT2D eigenvalue weighted by atomic mass is 14.4. The van der Waals surface area contributed by atoms with Gasteiger partial charge in [0.05, 0.1) is 0 Å². The molecule has 21 heavy (non-hydrogen) atoms. The second-order valence-electron chi connectivity index (χ2n) is 7.35. The molecular weight excluding hydrogens is 252 g/mol. The Labute approximate surface area is 128 Å². The van der Waals surface area contributed by atoms with Gasteiger partial charge in [0.2, 0.25) is 0 Å². The van der Waals surface area contributed by atoms with Crippen LogP contribution in [0.2, 0.25) is 0 Å². The van der Waals surface area contributed by atoms with E-state index < -0.39 is 0 Å². The molecule has 0 radical (unpaired) electrons. The van der Waals surface area contributed by atoms with Gasteiger partial charge < -0.3 is 0 Å². The second-order valence-corrected chi connectivity index (χ2v) is 7.35. The number of hydrogen-bond donors (Lipinski definition) is 0. The lowest BCUT2D eigenvalue weighted by Crippen LogP contribution is -2.37. The lowest BCUT2D eigenvalue weighted by molar-refractivity contribution is 0.264. The van der Waals surface area contributed by atoms with E-state index in [4.69, 9.17) is 0 Å². The van der Waals surface area contributed by atoms with Crippen molar-refractivity contribution in [1.29, 1.82) is 0 Å². The summed E-state index contributed by atoms with van der Waals surface area (Å²) in [7, 11) is 0. The Morgan fingerprint density at radius 2 is 1.38 bits per heavy atom. The zero-order valence-corrected chi connectivity index (χ0v) is 13.7. The molecule has 0 saturated heterocycles. The summed E-state index contributed by atoms with van der Waals surface area (Å²) >= 11 is 0. The smallest absolute Gasteiger partial charge is 0.00119 e. The fourth-order valence-corrected chi connectivity index (χ4v) is 3.05. The van der Waals surface area contributed by atoms with Gasteiger partial charge in [-0.2, -0.15) is 0 Å². The zero-order valence-electron chi connectivity index (χ0n) is 13.7. The quantitative estimate of drug-likeness (QED) is 0.600. The van der Waals surface area contributed by atoms with Crippen LogP contribution in [-0.2, 0) is 5.41 Å². The first kappa shape index (κ1) is 14.1. The fourth-order valence-electron chi connectivity index (χ4n) is 3.05. The average Bonchev–Trinajstić information content (AvgIpc) is 2.44. The van der Waals surface area contributed by atoms with E-state index in [1.807, 2.05) is 0 Å². The van der Waals surface area contributed by atoms with Gasteiger partial charge in [-0.15, -0.1) is 0 Å². The first-order chi connectivity index (χ1) is 9.81. The number of aryl methyl sites for hydroxylation is 1. The number of rotatable bonds is 1. The monoisotopic (exact) mass is 276 g/mol. The Bertz CT molecular complexity index is 697. The summed E-state index contributed by atoms with van der Waals surface area (Å²) in [6.07, 6.45) is 4.65. The van der Waals surface area contributed by atoms with E-state index >= 15 is 0 Å². The van der Waals surface area contributed by atoms with Crippen LogP contribution in [0, 0.1) is 12.3 Å². The van der Waals surface area contributed by atoms with Crippen molar-refractivity contribution in [2.24, 2.45) is 5.41 Å². The lowest BCUT2D eigenvalue weighted by Gasteiger charge is -2.43. The van der Waals surface area contributed by atoms with E-state index in [0.29, 0.717) is 0 Å². The van der Waals surface area contributed by atoms with Gasteiger partial charge in [0.1, 0.15) is 0 Å². The van der Waals surface area contributed by atoms with E-state index in [1.165, 1.54) is 27.8 Å². The molecule has 0 saturated carbocycles. The van der Waals surface area contributed by atoms with Gasteiger partial charge in [-0.25, -0.2) is 0 Å². The van der Waals surface area contributed by atoms with Crippen LogP contribution >= 0.6 is 0 Å². The first-order valence-electron chi connectivity index (χ1n) is 7.72. The van der Waals surface area contributed by atoms with Gasteiger partial charge in [-0.1, -0.05) is 81.8 Å². The molecule has 1 aliphatic rings. The molecule has 0 heterocycles. The van der Waals surface area contributed by atoms with Crippen LogP contribution in [0.15, 0.2) is 48.5 Å². The maximum Gasteiger partial charge on any atom is -0.00119 e. The van der Waals surface area contributed by atoms with E-state index in [2.05, 4.69) is 89.2 Å². The van der Waals surface area contributed by atoms with Crippen LogP contribution in [0.5, 0.6) is 0 Å². The number of allylic oxidation sites excluding steroid dienone is 1. The molecule has 0 nitrogen and oxygen atoms in total. The summed E-state index contributed by atoms with van der Waals surface area (Å²) in [5.74, 6) is 0. The van der Waals surface area contributed by atoms with Crippen LogP contribution in [0.4, 0.5) is 0 Å². The van der Waals surface area contributed by atoms with Crippen molar-refractivity contribution in [2.75, 3.05) is 0 Å². The predicted octanol–water partition coefficient (Wildman–Crippen LogP) is 5.99. The molecule has 0 atom stereocenters. The molecule has 0 fully saturated rings. The average molecular weight is 276 g/mol. The molecule has 0 amide bonds. The summed E-state index contributed by atoms with van der Waals surface area (Å²) in [5.41, 5.74) is 7.05. The van der Waals surface area contributed by atoms with Crippen molar-refractivity contribution in [2.45, 2.75) is 40.0 Å². The number of fused-ring (bicyclic) bond motifs is 1. The third kappa shape index (κ3) is 2.23.